The minimum atomic E-state index is -1.99. The first kappa shape index (κ1) is 9.48. The van der Waals surface area contributed by atoms with Gasteiger partial charge in [-0.05, 0) is 0 Å². The molecular weight excluding hydrogens is 243 g/mol. The number of furan rings is 1. The van der Waals surface area contributed by atoms with Crippen LogP contribution in [0.2, 0.25) is 0 Å². The van der Waals surface area contributed by atoms with Crippen molar-refractivity contribution in [3.63, 3.8) is 0 Å². The Morgan fingerprint density at radius 3 is 2.77 bits per heavy atom. The molecule has 66 valence electrons. The van der Waals surface area contributed by atoms with Crippen LogP contribution in [0.25, 0.3) is 10.8 Å². The first-order valence-electron chi connectivity index (χ1n) is 3.76. The first-order valence-corrected chi connectivity index (χ1v) is 8.96. The van der Waals surface area contributed by atoms with Crippen LogP contribution in [-0.2, 0) is 15.3 Å². The zero-order valence-electron chi connectivity index (χ0n) is 6.63. The number of benzene rings is 1. The van der Waals surface area contributed by atoms with Crippen LogP contribution in [-0.4, -0.2) is 4.31 Å². The fourth-order valence-corrected chi connectivity index (χ4v) is 2.70. The number of halogens is 2. The molecule has 0 aliphatic carbocycles. The van der Waals surface area contributed by atoms with Crippen LogP contribution in [0.4, 0.5) is 0 Å². The van der Waals surface area contributed by atoms with E-state index in [0.717, 1.165) is 16.5 Å². The molecule has 0 atom stereocenters. The summed E-state index contributed by atoms with van der Waals surface area (Å²) in [5, 5.41) is 2.16. The summed E-state index contributed by atoms with van der Waals surface area (Å²) in [5.74, 6) is 0.801. The molecule has 1 heterocycles. The predicted octanol–water partition coefficient (Wildman–Crippen LogP) is 3.51. The van der Waals surface area contributed by atoms with E-state index in [1.807, 2.05) is 28.6 Å². The van der Waals surface area contributed by atoms with Crippen LogP contribution < -0.4 is 0 Å². The van der Waals surface area contributed by atoms with Crippen LogP contribution in [0.1, 0.15) is 5.76 Å². The van der Waals surface area contributed by atoms with Crippen molar-refractivity contribution >= 4 is 33.7 Å². The minimum absolute atomic E-state index is 0.801. The van der Waals surface area contributed by atoms with Crippen molar-refractivity contribution < 1.29 is 19.7 Å². The molecular formula is C9H6Cl2OTi. The van der Waals surface area contributed by atoms with E-state index in [-0.39, 0.29) is 0 Å². The summed E-state index contributed by atoms with van der Waals surface area (Å²) in [6.45, 7) is 0. The SMILES string of the molecule is [Cl][Ti]([Cl])=[CH]c1occ2ccccc12. The van der Waals surface area contributed by atoms with Gasteiger partial charge in [0, 0.05) is 0 Å². The standard InChI is InChI=1S/C9H6O.2ClH.Ti/c1-7-9-5-3-2-4-8(9)6-10-7;;;/h1-6H;2*1H;/q;;;+2/p-2. The third-order valence-electron chi connectivity index (χ3n) is 1.78. The van der Waals surface area contributed by atoms with E-state index >= 15 is 0 Å². The number of hydrogen-bond acceptors (Lipinski definition) is 1. The predicted molar refractivity (Wildman–Crippen MR) is 53.1 cm³/mol. The summed E-state index contributed by atoms with van der Waals surface area (Å²) in [7, 11) is 11.6. The van der Waals surface area contributed by atoms with Gasteiger partial charge in [-0.2, -0.15) is 0 Å². The molecule has 0 spiro atoms. The van der Waals surface area contributed by atoms with E-state index in [4.69, 9.17) is 23.0 Å². The molecule has 0 aliphatic heterocycles. The van der Waals surface area contributed by atoms with E-state index in [1.54, 1.807) is 6.26 Å². The van der Waals surface area contributed by atoms with Gasteiger partial charge in [0.15, 0.2) is 0 Å². The summed E-state index contributed by atoms with van der Waals surface area (Å²) >= 11 is -1.99. The van der Waals surface area contributed by atoms with E-state index in [2.05, 4.69) is 0 Å². The summed E-state index contributed by atoms with van der Waals surface area (Å²) in [6.07, 6.45) is 1.72. The number of rotatable bonds is 1. The molecule has 0 fully saturated rings. The fourth-order valence-electron chi connectivity index (χ4n) is 1.23. The van der Waals surface area contributed by atoms with Crippen LogP contribution in [0.5, 0.6) is 0 Å². The van der Waals surface area contributed by atoms with Crippen LogP contribution in [0, 0.1) is 0 Å². The van der Waals surface area contributed by atoms with Gasteiger partial charge >= 0.3 is 89.7 Å². The van der Waals surface area contributed by atoms with Crippen molar-refractivity contribution in [1.82, 2.24) is 0 Å². The molecule has 0 bridgehead atoms. The Balaban J connectivity index is 2.65. The molecule has 0 aliphatic rings. The summed E-state index contributed by atoms with van der Waals surface area (Å²) < 4.78 is 7.18. The van der Waals surface area contributed by atoms with Gasteiger partial charge in [0.1, 0.15) is 0 Å². The Morgan fingerprint density at radius 1 is 1.23 bits per heavy atom. The van der Waals surface area contributed by atoms with Crippen molar-refractivity contribution in [1.29, 1.82) is 0 Å². The Hall–Kier alpha value is -0.0757. The van der Waals surface area contributed by atoms with Crippen LogP contribution >= 0.6 is 18.6 Å². The van der Waals surface area contributed by atoms with Crippen molar-refractivity contribution in [2.75, 3.05) is 0 Å². The van der Waals surface area contributed by atoms with Crippen LogP contribution in [0.3, 0.4) is 0 Å². The van der Waals surface area contributed by atoms with Crippen molar-refractivity contribution in [3.8, 4) is 0 Å². The Bertz CT molecular complexity index is 457. The molecule has 0 unspecified atom stereocenters. The average molecular weight is 249 g/mol. The molecule has 1 aromatic carbocycles. The quantitative estimate of drug-likeness (QED) is 0.704. The number of hydrogen-bond donors (Lipinski definition) is 0. The van der Waals surface area contributed by atoms with E-state index in [1.165, 1.54) is 0 Å². The van der Waals surface area contributed by atoms with Crippen molar-refractivity contribution in [3.05, 3.63) is 36.3 Å². The zero-order chi connectivity index (χ0) is 9.26. The maximum atomic E-state index is 5.79. The van der Waals surface area contributed by atoms with E-state index < -0.39 is 15.3 Å². The third-order valence-corrected chi connectivity index (χ3v) is 3.43. The molecule has 1 nitrogen and oxygen atoms in total. The first-order chi connectivity index (χ1) is 6.27. The molecule has 0 saturated heterocycles. The van der Waals surface area contributed by atoms with Gasteiger partial charge in [-0.3, -0.25) is 0 Å². The van der Waals surface area contributed by atoms with Crippen LogP contribution in [0.15, 0.2) is 34.9 Å². The molecule has 13 heavy (non-hydrogen) atoms. The van der Waals surface area contributed by atoms with Gasteiger partial charge in [0.2, 0.25) is 0 Å². The maximum absolute atomic E-state index is 5.79. The monoisotopic (exact) mass is 248 g/mol. The topological polar surface area (TPSA) is 13.1 Å². The van der Waals surface area contributed by atoms with Gasteiger partial charge < -0.3 is 0 Å². The Labute approximate surface area is 89.3 Å². The summed E-state index contributed by atoms with van der Waals surface area (Å²) in [4.78, 5) is 0. The second-order valence-electron chi connectivity index (χ2n) is 2.62. The van der Waals surface area contributed by atoms with E-state index in [9.17, 15) is 0 Å². The molecule has 0 N–H and O–H groups in total. The Morgan fingerprint density at radius 2 is 2.00 bits per heavy atom. The molecule has 1 aromatic heterocycles. The molecule has 0 saturated carbocycles. The van der Waals surface area contributed by atoms with Gasteiger partial charge in [0.25, 0.3) is 0 Å². The fraction of sp³-hybridized carbons (Fsp3) is 0. The molecule has 0 radical (unpaired) electrons. The van der Waals surface area contributed by atoms with Gasteiger partial charge in [-0.25, -0.2) is 0 Å². The molecule has 2 aromatic rings. The van der Waals surface area contributed by atoms with Gasteiger partial charge in [0.05, 0.1) is 0 Å². The van der Waals surface area contributed by atoms with Crippen molar-refractivity contribution in [2.24, 2.45) is 0 Å². The molecule has 0 amide bonds. The van der Waals surface area contributed by atoms with Crippen molar-refractivity contribution in [2.45, 2.75) is 0 Å². The third kappa shape index (κ3) is 2.05. The van der Waals surface area contributed by atoms with E-state index in [0.29, 0.717) is 0 Å². The molecule has 4 heteroatoms. The second kappa shape index (κ2) is 3.97. The summed E-state index contributed by atoms with van der Waals surface area (Å²) in [6, 6.07) is 7.94. The average Bonchev–Trinajstić information content (AvgIpc) is 2.48. The normalized spacial score (nSPS) is 10.3. The summed E-state index contributed by atoms with van der Waals surface area (Å²) in [5.41, 5.74) is 0. The van der Waals surface area contributed by atoms with Gasteiger partial charge in [-0.15, -0.1) is 0 Å². The second-order valence-corrected chi connectivity index (χ2v) is 8.13. The number of fused-ring (bicyclic) bond motifs is 1. The van der Waals surface area contributed by atoms with Gasteiger partial charge in [-0.1, -0.05) is 0 Å². The molecule has 2 rings (SSSR count). The zero-order valence-corrected chi connectivity index (χ0v) is 9.70. The Kier molecular flexibility index (Phi) is 2.90.